The summed E-state index contributed by atoms with van der Waals surface area (Å²) in [5.41, 5.74) is 3.76. The first-order valence-electron chi connectivity index (χ1n) is 7.92. The van der Waals surface area contributed by atoms with Gasteiger partial charge in [0, 0.05) is 12.5 Å². The third-order valence-electron chi connectivity index (χ3n) is 3.34. The molecule has 8 heteroatoms. The molecule has 0 aliphatic carbocycles. The van der Waals surface area contributed by atoms with Crippen LogP contribution in [0.3, 0.4) is 0 Å². The molecule has 0 fully saturated rings. The van der Waals surface area contributed by atoms with E-state index in [0.717, 1.165) is 5.56 Å². The Morgan fingerprint density at radius 2 is 1.63 bits per heavy atom. The number of hydrogen-bond donors (Lipinski definition) is 3. The molecule has 2 rings (SSSR count). The summed E-state index contributed by atoms with van der Waals surface area (Å²) < 4.78 is 0. The summed E-state index contributed by atoms with van der Waals surface area (Å²) in [4.78, 5) is 23.4. The molecular formula is C19H18N4O4. The summed E-state index contributed by atoms with van der Waals surface area (Å²) in [7, 11) is 0. The zero-order chi connectivity index (χ0) is 19.8. The second-order valence-corrected chi connectivity index (χ2v) is 5.53. The molecule has 2 aromatic rings. The predicted octanol–water partition coefficient (Wildman–Crippen LogP) is 3.62. The van der Waals surface area contributed by atoms with Gasteiger partial charge in [-0.2, -0.15) is 10.2 Å². The van der Waals surface area contributed by atoms with Gasteiger partial charge in [0.15, 0.2) is 11.5 Å². The van der Waals surface area contributed by atoms with Crippen LogP contribution < -0.4 is 5.43 Å². The third kappa shape index (κ3) is 5.89. The first-order valence-corrected chi connectivity index (χ1v) is 7.92. The largest absolute Gasteiger partial charge is 0.510 e. The van der Waals surface area contributed by atoms with E-state index in [2.05, 4.69) is 20.8 Å². The van der Waals surface area contributed by atoms with Gasteiger partial charge in [-0.1, -0.05) is 0 Å². The van der Waals surface area contributed by atoms with Gasteiger partial charge >= 0.3 is 0 Å². The summed E-state index contributed by atoms with van der Waals surface area (Å²) in [6, 6.07) is 12.5. The normalized spacial score (nSPS) is 12.2. The lowest BCUT2D eigenvalue weighted by Gasteiger charge is -2.01. The second kappa shape index (κ2) is 9.04. The molecule has 0 aromatic heterocycles. The van der Waals surface area contributed by atoms with E-state index in [-0.39, 0.29) is 17.2 Å². The number of allylic oxidation sites excluding steroid dienone is 2. The molecule has 0 heterocycles. The number of hydrogen-bond acceptors (Lipinski definition) is 7. The van der Waals surface area contributed by atoms with Crippen LogP contribution in [0.1, 0.15) is 29.8 Å². The van der Waals surface area contributed by atoms with E-state index in [4.69, 9.17) is 0 Å². The fourth-order valence-corrected chi connectivity index (χ4v) is 1.98. The molecule has 0 spiro atoms. The van der Waals surface area contributed by atoms with E-state index >= 15 is 0 Å². The van der Waals surface area contributed by atoms with E-state index in [1.54, 1.807) is 24.3 Å². The number of phenolic OH excluding ortho intramolecular Hbond substituents is 1. The highest BCUT2D eigenvalue weighted by atomic mass is 16.3. The Kier molecular flexibility index (Phi) is 6.54. The van der Waals surface area contributed by atoms with Gasteiger partial charge in [-0.3, -0.25) is 9.59 Å². The van der Waals surface area contributed by atoms with Gasteiger partial charge in [0.05, 0.1) is 11.9 Å². The number of carbonyl (C=O) groups is 2. The lowest BCUT2D eigenvalue weighted by atomic mass is 10.2. The first kappa shape index (κ1) is 19.5. The second-order valence-electron chi connectivity index (χ2n) is 5.53. The lowest BCUT2D eigenvalue weighted by molar-refractivity contribution is -0.113. The van der Waals surface area contributed by atoms with Crippen molar-refractivity contribution in [1.29, 1.82) is 0 Å². The molecule has 27 heavy (non-hydrogen) atoms. The Hall–Kier alpha value is -3.81. The van der Waals surface area contributed by atoms with Gasteiger partial charge in [0.2, 0.25) is 0 Å². The van der Waals surface area contributed by atoms with Crippen molar-refractivity contribution < 1.29 is 19.8 Å². The number of phenols is 1. The van der Waals surface area contributed by atoms with Gasteiger partial charge in [0.1, 0.15) is 11.5 Å². The number of amides is 1. The number of azo groups is 1. The summed E-state index contributed by atoms with van der Waals surface area (Å²) in [6.07, 6.45) is 1.45. The summed E-state index contributed by atoms with van der Waals surface area (Å²) in [5, 5.41) is 30.0. The maximum atomic E-state index is 12.0. The van der Waals surface area contributed by atoms with Gasteiger partial charge in [-0.15, -0.1) is 5.11 Å². The van der Waals surface area contributed by atoms with Crippen LogP contribution in [0.15, 0.2) is 75.3 Å². The SMILES string of the molecule is CC(=O)/C(N=Nc1ccc(C(=O)N/N=C/c2ccc(O)cc2)cc1)=C(/C)O. The Morgan fingerprint density at radius 3 is 2.19 bits per heavy atom. The minimum atomic E-state index is -0.413. The maximum absolute atomic E-state index is 12.0. The van der Waals surface area contributed by atoms with Crippen molar-refractivity contribution in [3.8, 4) is 5.75 Å². The number of aromatic hydroxyl groups is 1. The number of hydrazone groups is 1. The summed E-state index contributed by atoms with van der Waals surface area (Å²) in [6.45, 7) is 2.63. The molecule has 0 radical (unpaired) electrons. The Balaban J connectivity index is 1.99. The molecule has 0 atom stereocenters. The Morgan fingerprint density at radius 1 is 1.00 bits per heavy atom. The molecule has 0 bridgehead atoms. The molecule has 8 nitrogen and oxygen atoms in total. The van der Waals surface area contributed by atoms with Crippen molar-refractivity contribution in [3.63, 3.8) is 0 Å². The van der Waals surface area contributed by atoms with Crippen LogP contribution in [0.25, 0.3) is 0 Å². The van der Waals surface area contributed by atoms with Gasteiger partial charge < -0.3 is 10.2 Å². The molecular weight excluding hydrogens is 348 g/mol. The van der Waals surface area contributed by atoms with Crippen LogP contribution in [-0.2, 0) is 4.79 Å². The van der Waals surface area contributed by atoms with Gasteiger partial charge in [0.25, 0.3) is 5.91 Å². The van der Waals surface area contributed by atoms with Crippen molar-refractivity contribution in [2.75, 3.05) is 0 Å². The minimum absolute atomic E-state index is 0.125. The van der Waals surface area contributed by atoms with E-state index in [9.17, 15) is 19.8 Å². The maximum Gasteiger partial charge on any atom is 0.271 e. The van der Waals surface area contributed by atoms with Crippen LogP contribution >= 0.6 is 0 Å². The van der Waals surface area contributed by atoms with Crippen LogP contribution in [0.2, 0.25) is 0 Å². The molecule has 2 aromatic carbocycles. The molecule has 0 saturated heterocycles. The molecule has 0 unspecified atom stereocenters. The van der Waals surface area contributed by atoms with Crippen LogP contribution in [0.5, 0.6) is 5.75 Å². The number of nitrogens with one attached hydrogen (secondary N) is 1. The molecule has 1 amide bonds. The van der Waals surface area contributed by atoms with E-state index in [0.29, 0.717) is 11.3 Å². The Bertz CT molecular complexity index is 910. The third-order valence-corrected chi connectivity index (χ3v) is 3.34. The van der Waals surface area contributed by atoms with E-state index in [1.807, 2.05) is 0 Å². The average Bonchev–Trinajstić information content (AvgIpc) is 2.63. The average molecular weight is 366 g/mol. The molecule has 0 saturated carbocycles. The van der Waals surface area contributed by atoms with Gasteiger partial charge in [-0.05, 0) is 61.0 Å². The fourth-order valence-electron chi connectivity index (χ4n) is 1.98. The van der Waals surface area contributed by atoms with Crippen molar-refractivity contribution in [3.05, 3.63) is 71.1 Å². The molecule has 0 aliphatic rings. The predicted molar refractivity (Wildman–Crippen MR) is 100 cm³/mol. The topological polar surface area (TPSA) is 124 Å². The molecule has 138 valence electrons. The number of aliphatic hydroxyl groups is 1. The van der Waals surface area contributed by atoms with Crippen molar-refractivity contribution >= 4 is 23.6 Å². The Labute approximate surface area is 155 Å². The highest BCUT2D eigenvalue weighted by Gasteiger charge is 2.07. The van der Waals surface area contributed by atoms with Crippen molar-refractivity contribution in [1.82, 2.24) is 5.43 Å². The number of benzene rings is 2. The first-order chi connectivity index (χ1) is 12.9. The lowest BCUT2D eigenvalue weighted by Crippen LogP contribution is -2.17. The fraction of sp³-hybridized carbons (Fsp3) is 0.105. The molecule has 3 N–H and O–H groups in total. The standard InChI is InChI=1S/C19H18N4O4/c1-12(24)18(13(2)25)22-21-16-7-5-15(6-8-16)19(27)23-20-11-14-3-9-17(26)10-4-14/h3-11,24,26H,1-2H3,(H,23,27)/b18-12+,20-11+,22-21?. The minimum Gasteiger partial charge on any atom is -0.510 e. The number of ketones is 1. The summed E-state index contributed by atoms with van der Waals surface area (Å²) in [5.74, 6) is -0.882. The van der Waals surface area contributed by atoms with E-state index in [1.165, 1.54) is 44.3 Å². The number of rotatable bonds is 6. The van der Waals surface area contributed by atoms with Crippen LogP contribution in [0, 0.1) is 0 Å². The number of Topliss-reactive ketones (excluding diaryl/α,β-unsaturated/α-hetero) is 1. The van der Waals surface area contributed by atoms with E-state index < -0.39 is 11.7 Å². The number of carbonyl (C=O) groups excluding carboxylic acids is 2. The highest BCUT2D eigenvalue weighted by Crippen LogP contribution is 2.16. The highest BCUT2D eigenvalue weighted by molar-refractivity contribution is 5.95. The molecule has 0 aliphatic heterocycles. The number of aliphatic hydroxyl groups excluding tert-OH is 1. The van der Waals surface area contributed by atoms with Crippen molar-refractivity contribution in [2.24, 2.45) is 15.3 Å². The van der Waals surface area contributed by atoms with Crippen molar-refractivity contribution in [2.45, 2.75) is 13.8 Å². The summed E-state index contributed by atoms with van der Waals surface area (Å²) >= 11 is 0. The zero-order valence-corrected chi connectivity index (χ0v) is 14.7. The van der Waals surface area contributed by atoms with Crippen LogP contribution in [-0.4, -0.2) is 28.1 Å². The zero-order valence-electron chi connectivity index (χ0n) is 14.7. The monoisotopic (exact) mass is 366 g/mol. The smallest absolute Gasteiger partial charge is 0.271 e. The van der Waals surface area contributed by atoms with Crippen LogP contribution in [0.4, 0.5) is 5.69 Å². The number of nitrogens with zero attached hydrogens (tertiary/aromatic N) is 3. The quantitative estimate of drug-likeness (QED) is 0.237. The van der Waals surface area contributed by atoms with Gasteiger partial charge in [-0.25, -0.2) is 5.43 Å².